The molecule has 2 rings (SSSR count). The molecule has 0 fully saturated rings. The quantitative estimate of drug-likeness (QED) is 0.603. The molecule has 13 heavy (non-hydrogen) atoms. The van der Waals surface area contributed by atoms with E-state index in [0.29, 0.717) is 0 Å². The van der Waals surface area contributed by atoms with Gasteiger partial charge in [0.05, 0.1) is 6.17 Å². The second kappa shape index (κ2) is 3.20. The van der Waals surface area contributed by atoms with E-state index in [9.17, 15) is 0 Å². The predicted molar refractivity (Wildman–Crippen MR) is 54.3 cm³/mol. The Balaban J connectivity index is 2.57. The zero-order valence-electron chi connectivity index (χ0n) is 7.54. The number of benzene rings is 1. The maximum Gasteiger partial charge on any atom is 0.0828 e. The average molecular weight is 175 g/mol. The van der Waals surface area contributed by atoms with E-state index >= 15 is 0 Å². The molecule has 0 saturated heterocycles. The molecule has 1 aromatic carbocycles. The zero-order valence-corrected chi connectivity index (χ0v) is 7.54. The number of nitrogens with two attached hydrogens (primary N) is 1. The Kier molecular flexibility index (Phi) is 2.04. The fraction of sp³-hybridized carbons (Fsp3) is 0.200. The Morgan fingerprint density at radius 1 is 1.38 bits per heavy atom. The van der Waals surface area contributed by atoms with Crippen LogP contribution in [0.5, 0.6) is 0 Å². The van der Waals surface area contributed by atoms with Gasteiger partial charge >= 0.3 is 0 Å². The van der Waals surface area contributed by atoms with E-state index in [1.54, 1.807) is 0 Å². The van der Waals surface area contributed by atoms with Crippen molar-refractivity contribution in [1.82, 2.24) is 10.3 Å². The van der Waals surface area contributed by atoms with Crippen molar-refractivity contribution in [3.63, 3.8) is 0 Å². The summed E-state index contributed by atoms with van der Waals surface area (Å²) in [6.07, 6.45) is 1.85. The molecule has 1 atom stereocenters. The van der Waals surface area contributed by atoms with Crippen LogP contribution in [0.15, 0.2) is 30.5 Å². The monoisotopic (exact) mass is 175 g/mol. The lowest BCUT2D eigenvalue weighted by Crippen LogP contribution is -2.24. The highest BCUT2D eigenvalue weighted by molar-refractivity contribution is 5.83. The lowest BCUT2D eigenvalue weighted by molar-refractivity contribution is 0.627. The van der Waals surface area contributed by atoms with Gasteiger partial charge in [-0.3, -0.25) is 0 Å². The van der Waals surface area contributed by atoms with Gasteiger partial charge in [0.2, 0.25) is 0 Å². The van der Waals surface area contributed by atoms with Gasteiger partial charge in [-0.05, 0) is 13.1 Å². The first-order chi connectivity index (χ1) is 6.33. The van der Waals surface area contributed by atoms with E-state index in [4.69, 9.17) is 5.73 Å². The molecule has 3 nitrogen and oxygen atoms in total. The summed E-state index contributed by atoms with van der Waals surface area (Å²) in [7, 11) is 1.85. The van der Waals surface area contributed by atoms with Crippen LogP contribution in [0.3, 0.4) is 0 Å². The molecule has 3 heteroatoms. The number of H-pyrrole nitrogens is 1. The van der Waals surface area contributed by atoms with E-state index < -0.39 is 0 Å². The van der Waals surface area contributed by atoms with Gasteiger partial charge in [-0.2, -0.15) is 0 Å². The van der Waals surface area contributed by atoms with Gasteiger partial charge < -0.3 is 16.0 Å². The smallest absolute Gasteiger partial charge is 0.0828 e. The third kappa shape index (κ3) is 1.32. The molecule has 1 unspecified atom stereocenters. The molecular formula is C10H13N3. The van der Waals surface area contributed by atoms with Crippen LogP contribution in [0.4, 0.5) is 0 Å². The molecule has 0 aliphatic rings. The largest absolute Gasteiger partial charge is 0.361 e. The van der Waals surface area contributed by atoms with Crippen LogP contribution in [0.2, 0.25) is 0 Å². The van der Waals surface area contributed by atoms with E-state index in [1.807, 2.05) is 31.4 Å². The number of fused-ring (bicyclic) bond motifs is 1. The van der Waals surface area contributed by atoms with Crippen LogP contribution >= 0.6 is 0 Å². The number of aromatic nitrogens is 1. The van der Waals surface area contributed by atoms with E-state index in [1.165, 1.54) is 5.39 Å². The minimum atomic E-state index is -0.101. The normalized spacial score (nSPS) is 13.4. The molecule has 1 aromatic heterocycles. The summed E-state index contributed by atoms with van der Waals surface area (Å²) in [5.74, 6) is 0. The Morgan fingerprint density at radius 2 is 2.15 bits per heavy atom. The summed E-state index contributed by atoms with van der Waals surface area (Å²) in [6, 6.07) is 8.13. The van der Waals surface area contributed by atoms with Gasteiger partial charge in [0, 0.05) is 22.7 Å². The molecular weight excluding hydrogens is 162 g/mol. The summed E-state index contributed by atoms with van der Waals surface area (Å²) in [5.41, 5.74) is 8.11. The van der Waals surface area contributed by atoms with E-state index in [2.05, 4.69) is 16.4 Å². The van der Waals surface area contributed by atoms with Gasteiger partial charge in [0.25, 0.3) is 0 Å². The first kappa shape index (κ1) is 8.29. The molecule has 0 saturated carbocycles. The summed E-state index contributed by atoms with van der Waals surface area (Å²) in [5, 5.41) is 4.20. The summed E-state index contributed by atoms with van der Waals surface area (Å²) >= 11 is 0. The highest BCUT2D eigenvalue weighted by Gasteiger charge is 2.08. The third-order valence-corrected chi connectivity index (χ3v) is 2.27. The minimum Gasteiger partial charge on any atom is -0.361 e. The highest BCUT2D eigenvalue weighted by Crippen LogP contribution is 2.20. The van der Waals surface area contributed by atoms with Gasteiger partial charge in [-0.25, -0.2) is 0 Å². The molecule has 0 aliphatic carbocycles. The maximum atomic E-state index is 5.87. The fourth-order valence-corrected chi connectivity index (χ4v) is 1.51. The third-order valence-electron chi connectivity index (χ3n) is 2.27. The molecule has 0 radical (unpaired) electrons. The van der Waals surface area contributed by atoms with Gasteiger partial charge in [-0.1, -0.05) is 18.2 Å². The molecule has 68 valence electrons. The van der Waals surface area contributed by atoms with E-state index in [0.717, 1.165) is 11.1 Å². The number of hydrogen-bond donors (Lipinski definition) is 3. The standard InChI is InChI=1S/C10H13N3/c1-12-10(11)8-6-13-9-5-3-2-4-7(8)9/h2-6,10,12-13H,11H2,1H3. The number of aromatic amines is 1. The van der Waals surface area contributed by atoms with Crippen molar-refractivity contribution >= 4 is 10.9 Å². The number of rotatable bonds is 2. The van der Waals surface area contributed by atoms with Crippen molar-refractivity contribution in [3.05, 3.63) is 36.0 Å². The SMILES string of the molecule is CNC(N)c1c[nH]c2ccccc12. The van der Waals surface area contributed by atoms with Crippen molar-refractivity contribution in [2.75, 3.05) is 7.05 Å². The fourth-order valence-electron chi connectivity index (χ4n) is 1.51. The molecule has 1 heterocycles. The first-order valence-electron chi connectivity index (χ1n) is 4.32. The molecule has 0 aliphatic heterocycles. The number of nitrogens with one attached hydrogen (secondary N) is 2. The summed E-state index contributed by atoms with van der Waals surface area (Å²) < 4.78 is 0. The van der Waals surface area contributed by atoms with Gasteiger partial charge in [0.15, 0.2) is 0 Å². The highest BCUT2D eigenvalue weighted by atomic mass is 15.0. The van der Waals surface area contributed by atoms with Crippen LogP contribution in [0, 0.1) is 0 Å². The van der Waals surface area contributed by atoms with Crippen molar-refractivity contribution in [2.24, 2.45) is 5.73 Å². The van der Waals surface area contributed by atoms with Crippen LogP contribution in [-0.2, 0) is 0 Å². The van der Waals surface area contributed by atoms with Crippen LogP contribution < -0.4 is 11.1 Å². The molecule has 2 aromatic rings. The van der Waals surface area contributed by atoms with Gasteiger partial charge in [-0.15, -0.1) is 0 Å². The second-order valence-electron chi connectivity index (χ2n) is 3.06. The summed E-state index contributed by atoms with van der Waals surface area (Å²) in [6.45, 7) is 0. The Hall–Kier alpha value is -1.32. The van der Waals surface area contributed by atoms with Gasteiger partial charge in [0.1, 0.15) is 0 Å². The summed E-state index contributed by atoms with van der Waals surface area (Å²) in [4.78, 5) is 3.18. The Morgan fingerprint density at radius 3 is 2.92 bits per heavy atom. The first-order valence-corrected chi connectivity index (χ1v) is 4.32. The van der Waals surface area contributed by atoms with E-state index in [-0.39, 0.29) is 6.17 Å². The average Bonchev–Trinajstić information content (AvgIpc) is 2.60. The van der Waals surface area contributed by atoms with Crippen LogP contribution in [0.25, 0.3) is 10.9 Å². The van der Waals surface area contributed by atoms with Crippen molar-refractivity contribution in [3.8, 4) is 0 Å². The topological polar surface area (TPSA) is 53.8 Å². The Labute approximate surface area is 76.9 Å². The Bertz CT molecular complexity index is 405. The molecule has 0 bridgehead atoms. The number of para-hydroxylation sites is 1. The molecule has 4 N–H and O–H groups in total. The minimum absolute atomic E-state index is 0.101. The van der Waals surface area contributed by atoms with Crippen molar-refractivity contribution in [1.29, 1.82) is 0 Å². The van der Waals surface area contributed by atoms with Crippen molar-refractivity contribution < 1.29 is 0 Å². The molecule has 0 spiro atoms. The predicted octanol–water partition coefficient (Wildman–Crippen LogP) is 1.34. The number of hydrogen-bond acceptors (Lipinski definition) is 2. The molecule has 0 amide bonds. The lowest BCUT2D eigenvalue weighted by Gasteiger charge is -2.08. The zero-order chi connectivity index (χ0) is 9.26. The lowest BCUT2D eigenvalue weighted by atomic mass is 10.1. The van der Waals surface area contributed by atoms with Crippen molar-refractivity contribution in [2.45, 2.75) is 6.17 Å². The van der Waals surface area contributed by atoms with Crippen LogP contribution in [-0.4, -0.2) is 12.0 Å². The maximum absolute atomic E-state index is 5.87. The van der Waals surface area contributed by atoms with Crippen LogP contribution in [0.1, 0.15) is 11.7 Å². The second-order valence-corrected chi connectivity index (χ2v) is 3.06.